The summed E-state index contributed by atoms with van der Waals surface area (Å²) in [5.74, 6) is -0.187. The van der Waals surface area contributed by atoms with Gasteiger partial charge in [0.1, 0.15) is 0 Å². The molecule has 1 amide bonds. The summed E-state index contributed by atoms with van der Waals surface area (Å²) in [5, 5.41) is 15.7. The van der Waals surface area contributed by atoms with Gasteiger partial charge in [0.05, 0.1) is 29.4 Å². The van der Waals surface area contributed by atoms with Crippen molar-refractivity contribution in [2.24, 2.45) is 0 Å². The molecule has 0 aliphatic carbocycles. The Hall–Kier alpha value is -3.39. The number of nitrogens with zero attached hydrogens (tertiary/aromatic N) is 2. The number of rotatable bonds is 4. The Morgan fingerprint density at radius 2 is 1.96 bits per heavy atom. The molecule has 1 aromatic heterocycles. The maximum absolute atomic E-state index is 12.0. The van der Waals surface area contributed by atoms with Crippen LogP contribution in [-0.4, -0.2) is 17.4 Å². The van der Waals surface area contributed by atoms with E-state index >= 15 is 0 Å². The molecule has 0 unspecified atom stereocenters. The van der Waals surface area contributed by atoms with E-state index in [1.165, 1.54) is 0 Å². The van der Waals surface area contributed by atoms with Gasteiger partial charge in [0.25, 0.3) is 0 Å². The zero-order valence-electron chi connectivity index (χ0n) is 12.3. The highest BCUT2D eigenvalue weighted by Gasteiger charge is 2.05. The van der Waals surface area contributed by atoms with Crippen LogP contribution in [0.2, 0.25) is 0 Å². The Bertz CT molecular complexity index is 893. The molecule has 1 heterocycles. The highest BCUT2D eigenvalue weighted by Crippen LogP contribution is 2.20. The molecule has 0 fully saturated rings. The lowest BCUT2D eigenvalue weighted by atomic mass is 10.2. The summed E-state index contributed by atoms with van der Waals surface area (Å²) in [6, 6.07) is 18.5. The van der Waals surface area contributed by atoms with Crippen LogP contribution in [0.1, 0.15) is 5.56 Å². The van der Waals surface area contributed by atoms with Crippen molar-refractivity contribution >= 4 is 28.2 Å². The lowest BCUT2D eigenvalue weighted by molar-refractivity contribution is -0.114. The predicted molar refractivity (Wildman–Crippen MR) is 90.0 cm³/mol. The molecule has 112 valence electrons. The summed E-state index contributed by atoms with van der Waals surface area (Å²) >= 11 is 0. The number of anilines is 2. The molecule has 0 radical (unpaired) electrons. The van der Waals surface area contributed by atoms with Gasteiger partial charge in [-0.1, -0.05) is 24.3 Å². The van der Waals surface area contributed by atoms with Crippen molar-refractivity contribution in [1.29, 1.82) is 5.26 Å². The number of benzene rings is 2. The number of para-hydroxylation sites is 1. The van der Waals surface area contributed by atoms with Crippen LogP contribution in [0.25, 0.3) is 10.9 Å². The van der Waals surface area contributed by atoms with Gasteiger partial charge >= 0.3 is 0 Å². The van der Waals surface area contributed by atoms with Crippen molar-refractivity contribution in [3.05, 3.63) is 66.4 Å². The summed E-state index contributed by atoms with van der Waals surface area (Å²) in [5.41, 5.74) is 2.75. The maximum Gasteiger partial charge on any atom is 0.243 e. The van der Waals surface area contributed by atoms with E-state index in [4.69, 9.17) is 5.26 Å². The molecule has 5 heteroatoms. The number of pyridine rings is 1. The van der Waals surface area contributed by atoms with Crippen LogP contribution in [0.3, 0.4) is 0 Å². The number of hydrogen-bond acceptors (Lipinski definition) is 4. The second-order valence-corrected chi connectivity index (χ2v) is 4.98. The molecule has 23 heavy (non-hydrogen) atoms. The number of carbonyl (C=O) groups excluding carboxylic acids is 1. The molecule has 0 aliphatic rings. The first-order valence-corrected chi connectivity index (χ1v) is 7.14. The molecule has 5 nitrogen and oxygen atoms in total. The number of fused-ring (bicyclic) bond motifs is 1. The van der Waals surface area contributed by atoms with Crippen LogP contribution < -0.4 is 10.6 Å². The first kappa shape index (κ1) is 14.5. The predicted octanol–water partition coefficient (Wildman–Crippen LogP) is 3.16. The van der Waals surface area contributed by atoms with Crippen molar-refractivity contribution < 1.29 is 4.79 Å². The number of aromatic nitrogens is 1. The van der Waals surface area contributed by atoms with Gasteiger partial charge in [-0.15, -0.1) is 0 Å². The van der Waals surface area contributed by atoms with Crippen molar-refractivity contribution in [3.63, 3.8) is 0 Å². The maximum atomic E-state index is 12.0. The standard InChI is InChI=1S/C18H14N4O/c19-11-13-4-1-7-15(10-13)22-17(23)12-21-16-8-2-5-14-6-3-9-20-18(14)16/h1-10,21H,12H2,(H,22,23). The van der Waals surface area contributed by atoms with Crippen LogP contribution in [0.15, 0.2) is 60.8 Å². The molecule has 2 N–H and O–H groups in total. The van der Waals surface area contributed by atoms with Crippen molar-refractivity contribution in [1.82, 2.24) is 4.98 Å². The Morgan fingerprint density at radius 1 is 1.13 bits per heavy atom. The normalized spacial score (nSPS) is 10.0. The number of carbonyl (C=O) groups is 1. The summed E-state index contributed by atoms with van der Waals surface area (Å²) in [7, 11) is 0. The molecule has 3 aromatic rings. The molecule has 2 aromatic carbocycles. The zero-order chi connectivity index (χ0) is 16.1. The highest BCUT2D eigenvalue weighted by atomic mass is 16.1. The molecule has 0 saturated heterocycles. The third-order valence-corrected chi connectivity index (χ3v) is 3.35. The molecule has 3 rings (SSSR count). The van der Waals surface area contributed by atoms with Crippen LogP contribution in [0.5, 0.6) is 0 Å². The van der Waals surface area contributed by atoms with E-state index < -0.39 is 0 Å². The van der Waals surface area contributed by atoms with Gasteiger partial charge in [-0.3, -0.25) is 9.78 Å². The first-order chi connectivity index (χ1) is 11.3. The van der Waals surface area contributed by atoms with E-state index in [-0.39, 0.29) is 12.5 Å². The Labute approximate surface area is 133 Å². The second-order valence-electron chi connectivity index (χ2n) is 4.98. The third kappa shape index (κ3) is 3.44. The molecule has 0 saturated carbocycles. The van der Waals surface area contributed by atoms with E-state index in [2.05, 4.69) is 15.6 Å². The van der Waals surface area contributed by atoms with Crippen LogP contribution >= 0.6 is 0 Å². The van der Waals surface area contributed by atoms with Gasteiger partial charge in [0, 0.05) is 17.3 Å². The van der Waals surface area contributed by atoms with E-state index in [1.54, 1.807) is 30.5 Å². The van der Waals surface area contributed by atoms with Gasteiger partial charge in [-0.05, 0) is 30.3 Å². The van der Waals surface area contributed by atoms with Crippen molar-refractivity contribution in [2.45, 2.75) is 0 Å². The molecular formula is C18H14N4O. The number of nitrogens with one attached hydrogen (secondary N) is 2. The quantitative estimate of drug-likeness (QED) is 0.776. The van der Waals surface area contributed by atoms with Crippen LogP contribution in [0, 0.1) is 11.3 Å². The fraction of sp³-hybridized carbons (Fsp3) is 0.0556. The van der Waals surface area contributed by atoms with Gasteiger partial charge < -0.3 is 10.6 Å². The van der Waals surface area contributed by atoms with Gasteiger partial charge in [0.2, 0.25) is 5.91 Å². The van der Waals surface area contributed by atoms with E-state index in [9.17, 15) is 4.79 Å². The summed E-state index contributed by atoms with van der Waals surface area (Å²) < 4.78 is 0. The van der Waals surface area contributed by atoms with E-state index in [0.717, 1.165) is 16.6 Å². The average Bonchev–Trinajstić information content (AvgIpc) is 2.60. The van der Waals surface area contributed by atoms with E-state index in [1.807, 2.05) is 36.4 Å². The number of hydrogen-bond donors (Lipinski definition) is 2. The smallest absolute Gasteiger partial charge is 0.243 e. The van der Waals surface area contributed by atoms with Crippen LogP contribution in [0.4, 0.5) is 11.4 Å². The SMILES string of the molecule is N#Cc1cccc(NC(=O)CNc2cccc3cccnc23)c1. The fourth-order valence-electron chi connectivity index (χ4n) is 2.29. The minimum atomic E-state index is -0.187. The summed E-state index contributed by atoms with van der Waals surface area (Å²) in [6.07, 6.45) is 1.72. The Morgan fingerprint density at radius 3 is 2.83 bits per heavy atom. The summed E-state index contributed by atoms with van der Waals surface area (Å²) in [6.45, 7) is 0.118. The fourth-order valence-corrected chi connectivity index (χ4v) is 2.29. The highest BCUT2D eigenvalue weighted by molar-refractivity contribution is 5.96. The van der Waals surface area contributed by atoms with Gasteiger partial charge in [0.15, 0.2) is 0 Å². The molecule has 0 atom stereocenters. The lowest BCUT2D eigenvalue weighted by Crippen LogP contribution is -2.21. The van der Waals surface area contributed by atoms with E-state index in [0.29, 0.717) is 11.3 Å². The monoisotopic (exact) mass is 302 g/mol. The van der Waals surface area contributed by atoms with Crippen molar-refractivity contribution in [2.75, 3.05) is 17.2 Å². The molecular weight excluding hydrogens is 288 g/mol. The minimum absolute atomic E-state index is 0.118. The molecule has 0 aliphatic heterocycles. The molecule has 0 spiro atoms. The van der Waals surface area contributed by atoms with Crippen LogP contribution in [-0.2, 0) is 4.79 Å². The minimum Gasteiger partial charge on any atom is -0.374 e. The largest absolute Gasteiger partial charge is 0.374 e. The molecule has 0 bridgehead atoms. The van der Waals surface area contributed by atoms with Crippen molar-refractivity contribution in [3.8, 4) is 6.07 Å². The Kier molecular flexibility index (Phi) is 4.16. The van der Waals surface area contributed by atoms with Gasteiger partial charge in [-0.25, -0.2) is 0 Å². The first-order valence-electron chi connectivity index (χ1n) is 7.14. The topological polar surface area (TPSA) is 77.8 Å². The third-order valence-electron chi connectivity index (χ3n) is 3.35. The number of amides is 1. The average molecular weight is 302 g/mol. The Balaban J connectivity index is 1.68. The summed E-state index contributed by atoms with van der Waals surface area (Å²) in [4.78, 5) is 16.4. The number of nitriles is 1. The zero-order valence-corrected chi connectivity index (χ0v) is 12.3. The lowest BCUT2D eigenvalue weighted by Gasteiger charge is -2.09. The van der Waals surface area contributed by atoms with Gasteiger partial charge in [-0.2, -0.15) is 5.26 Å². The second kappa shape index (κ2) is 6.58.